The number of nitrogens with two attached hydrogens (primary N) is 1. The number of anilines is 1. The number of nitrogen functional groups attached to an aromatic ring is 1. The molecule has 10 heavy (non-hydrogen) atoms. The Morgan fingerprint density at radius 2 is 2.50 bits per heavy atom. The SMILES string of the molecule is COc1cnnc(NN)c1. The van der Waals surface area contributed by atoms with Crippen molar-refractivity contribution >= 4 is 5.82 Å². The van der Waals surface area contributed by atoms with Crippen LogP contribution in [0.25, 0.3) is 0 Å². The fourth-order valence-corrected chi connectivity index (χ4v) is 0.531. The predicted octanol–water partition coefficient (Wildman–Crippen LogP) is -0.229. The summed E-state index contributed by atoms with van der Waals surface area (Å²) in [7, 11) is 1.55. The topological polar surface area (TPSA) is 73.1 Å². The predicted molar refractivity (Wildman–Crippen MR) is 36.4 cm³/mol. The average molecular weight is 140 g/mol. The third-order valence-electron chi connectivity index (χ3n) is 1.01. The van der Waals surface area contributed by atoms with Crippen molar-refractivity contribution in [3.63, 3.8) is 0 Å². The molecule has 5 nitrogen and oxygen atoms in total. The molecule has 54 valence electrons. The number of rotatable bonds is 2. The van der Waals surface area contributed by atoms with Crippen LogP contribution in [0.15, 0.2) is 12.3 Å². The van der Waals surface area contributed by atoms with E-state index >= 15 is 0 Å². The van der Waals surface area contributed by atoms with E-state index in [4.69, 9.17) is 10.6 Å². The molecule has 1 heterocycles. The number of ether oxygens (including phenoxy) is 1. The third-order valence-corrected chi connectivity index (χ3v) is 1.01. The Bertz CT molecular complexity index is 195. The Morgan fingerprint density at radius 3 is 3.10 bits per heavy atom. The summed E-state index contributed by atoms with van der Waals surface area (Å²) in [5.74, 6) is 6.18. The third kappa shape index (κ3) is 1.32. The van der Waals surface area contributed by atoms with Gasteiger partial charge in [0.25, 0.3) is 0 Å². The normalized spacial score (nSPS) is 9.00. The maximum absolute atomic E-state index is 5.07. The lowest BCUT2D eigenvalue weighted by Crippen LogP contribution is -2.08. The van der Waals surface area contributed by atoms with E-state index in [0.717, 1.165) is 0 Å². The molecular formula is C5H8N4O. The molecule has 0 amide bonds. The lowest BCUT2D eigenvalue weighted by atomic mass is 10.5. The first-order valence-electron chi connectivity index (χ1n) is 2.70. The molecule has 0 aliphatic heterocycles. The number of nitrogens with one attached hydrogen (secondary N) is 1. The highest BCUT2D eigenvalue weighted by molar-refractivity contribution is 5.36. The number of hydrazine groups is 1. The summed E-state index contributed by atoms with van der Waals surface area (Å²) < 4.78 is 4.86. The van der Waals surface area contributed by atoms with Crippen molar-refractivity contribution in [3.05, 3.63) is 12.3 Å². The molecule has 1 rings (SSSR count). The van der Waals surface area contributed by atoms with Crippen molar-refractivity contribution in [2.75, 3.05) is 12.5 Å². The fraction of sp³-hybridized carbons (Fsp3) is 0.200. The van der Waals surface area contributed by atoms with E-state index in [1.54, 1.807) is 13.2 Å². The zero-order valence-corrected chi connectivity index (χ0v) is 5.53. The van der Waals surface area contributed by atoms with Crippen LogP contribution < -0.4 is 16.0 Å². The minimum Gasteiger partial charge on any atom is -0.495 e. The van der Waals surface area contributed by atoms with E-state index in [9.17, 15) is 0 Å². The summed E-state index contributed by atoms with van der Waals surface area (Å²) >= 11 is 0. The number of hydrogen-bond acceptors (Lipinski definition) is 5. The van der Waals surface area contributed by atoms with Crippen LogP contribution in [-0.4, -0.2) is 17.3 Å². The van der Waals surface area contributed by atoms with Gasteiger partial charge >= 0.3 is 0 Å². The Hall–Kier alpha value is -1.36. The lowest BCUT2D eigenvalue weighted by molar-refractivity contribution is 0.412. The van der Waals surface area contributed by atoms with E-state index in [-0.39, 0.29) is 0 Å². The molecule has 0 spiro atoms. The summed E-state index contributed by atoms with van der Waals surface area (Å²) in [6.45, 7) is 0. The largest absolute Gasteiger partial charge is 0.495 e. The van der Waals surface area contributed by atoms with E-state index < -0.39 is 0 Å². The molecule has 0 fully saturated rings. The van der Waals surface area contributed by atoms with Gasteiger partial charge in [0.2, 0.25) is 0 Å². The molecule has 0 radical (unpaired) electrons. The van der Waals surface area contributed by atoms with Crippen molar-refractivity contribution in [3.8, 4) is 5.75 Å². The molecule has 0 unspecified atom stereocenters. The molecule has 0 aliphatic rings. The molecule has 5 heteroatoms. The van der Waals surface area contributed by atoms with E-state index in [1.165, 1.54) is 6.20 Å². The Balaban J connectivity index is 2.87. The standard InChI is InChI=1S/C5H8N4O/c1-10-4-2-5(8-6)9-7-3-4/h2-3H,6H2,1H3,(H,8,9). The van der Waals surface area contributed by atoms with Gasteiger partial charge in [-0.25, -0.2) is 5.84 Å². The molecule has 1 aromatic rings. The van der Waals surface area contributed by atoms with E-state index in [2.05, 4.69) is 15.6 Å². The molecule has 0 atom stereocenters. The van der Waals surface area contributed by atoms with Crippen LogP contribution in [0, 0.1) is 0 Å². The van der Waals surface area contributed by atoms with Crippen molar-refractivity contribution in [2.45, 2.75) is 0 Å². The number of nitrogens with zero attached hydrogens (tertiary/aromatic N) is 2. The molecule has 0 saturated carbocycles. The highest BCUT2D eigenvalue weighted by Gasteiger charge is 1.93. The smallest absolute Gasteiger partial charge is 0.166 e. The van der Waals surface area contributed by atoms with Crippen LogP contribution in [0.2, 0.25) is 0 Å². The first-order valence-corrected chi connectivity index (χ1v) is 2.70. The molecule has 0 aliphatic carbocycles. The summed E-state index contributed by atoms with van der Waals surface area (Å²) in [5.41, 5.74) is 2.35. The van der Waals surface area contributed by atoms with Gasteiger partial charge in [0.15, 0.2) is 5.82 Å². The first kappa shape index (κ1) is 6.76. The summed E-state index contributed by atoms with van der Waals surface area (Å²) in [5, 5.41) is 7.25. The highest BCUT2D eigenvalue weighted by Crippen LogP contribution is 2.09. The highest BCUT2D eigenvalue weighted by atomic mass is 16.5. The minimum atomic E-state index is 0.486. The van der Waals surface area contributed by atoms with Gasteiger partial charge in [0, 0.05) is 6.07 Å². The fourth-order valence-electron chi connectivity index (χ4n) is 0.531. The number of aromatic nitrogens is 2. The van der Waals surface area contributed by atoms with Gasteiger partial charge in [-0.3, -0.25) is 0 Å². The van der Waals surface area contributed by atoms with Gasteiger partial charge in [-0.05, 0) is 0 Å². The second kappa shape index (κ2) is 2.98. The van der Waals surface area contributed by atoms with Gasteiger partial charge < -0.3 is 10.2 Å². The van der Waals surface area contributed by atoms with E-state index in [0.29, 0.717) is 11.6 Å². The van der Waals surface area contributed by atoms with Crippen molar-refractivity contribution in [1.82, 2.24) is 10.2 Å². The minimum absolute atomic E-state index is 0.486. The monoisotopic (exact) mass is 140 g/mol. The number of hydrogen-bond donors (Lipinski definition) is 2. The van der Waals surface area contributed by atoms with Crippen molar-refractivity contribution < 1.29 is 4.74 Å². The van der Waals surface area contributed by atoms with Gasteiger partial charge in [-0.2, -0.15) is 5.10 Å². The summed E-state index contributed by atoms with van der Waals surface area (Å²) in [4.78, 5) is 0. The summed E-state index contributed by atoms with van der Waals surface area (Å²) in [6.07, 6.45) is 1.50. The van der Waals surface area contributed by atoms with Crippen molar-refractivity contribution in [2.24, 2.45) is 5.84 Å². The first-order chi connectivity index (χ1) is 4.86. The maximum atomic E-state index is 5.07. The van der Waals surface area contributed by atoms with Crippen LogP contribution in [0.5, 0.6) is 5.75 Å². The van der Waals surface area contributed by atoms with Crippen LogP contribution in [-0.2, 0) is 0 Å². The zero-order valence-electron chi connectivity index (χ0n) is 5.53. The van der Waals surface area contributed by atoms with Gasteiger partial charge in [-0.1, -0.05) is 0 Å². The van der Waals surface area contributed by atoms with Crippen molar-refractivity contribution in [1.29, 1.82) is 0 Å². The molecule has 0 bridgehead atoms. The van der Waals surface area contributed by atoms with Gasteiger partial charge in [-0.15, -0.1) is 5.10 Å². The van der Waals surface area contributed by atoms with E-state index in [1.807, 2.05) is 0 Å². The van der Waals surface area contributed by atoms with Crippen LogP contribution >= 0.6 is 0 Å². The average Bonchev–Trinajstić information content (AvgIpc) is 2.05. The Morgan fingerprint density at radius 1 is 1.70 bits per heavy atom. The molecule has 0 aromatic carbocycles. The quantitative estimate of drug-likeness (QED) is 0.438. The van der Waals surface area contributed by atoms with Crippen LogP contribution in [0.3, 0.4) is 0 Å². The molecule has 1 aromatic heterocycles. The maximum Gasteiger partial charge on any atom is 0.166 e. The molecular weight excluding hydrogens is 132 g/mol. The second-order valence-electron chi connectivity index (χ2n) is 1.62. The van der Waals surface area contributed by atoms with Gasteiger partial charge in [0.1, 0.15) is 5.75 Å². The molecule has 0 saturated heterocycles. The lowest BCUT2D eigenvalue weighted by Gasteiger charge is -1.99. The zero-order chi connectivity index (χ0) is 7.40. The van der Waals surface area contributed by atoms with Gasteiger partial charge in [0.05, 0.1) is 13.3 Å². The van der Waals surface area contributed by atoms with Crippen LogP contribution in [0.1, 0.15) is 0 Å². The second-order valence-corrected chi connectivity index (χ2v) is 1.62. The Labute approximate surface area is 58.2 Å². The summed E-state index contributed by atoms with van der Waals surface area (Å²) in [6, 6.07) is 1.65. The molecule has 3 N–H and O–H groups in total. The van der Waals surface area contributed by atoms with Crippen LogP contribution in [0.4, 0.5) is 5.82 Å². The Kier molecular flexibility index (Phi) is 2.01. The number of methoxy groups -OCH3 is 1.